The molecule has 0 unspecified atom stereocenters. The number of aryl methyl sites for hydroxylation is 1. The Hall–Kier alpha value is -1.37. The van der Waals surface area contributed by atoms with E-state index in [1.54, 1.807) is 6.08 Å². The number of hydrogen-bond donors (Lipinski definition) is 0. The Morgan fingerprint density at radius 2 is 2.17 bits per heavy atom. The number of nitrogens with zero attached hydrogens (tertiary/aromatic N) is 1. The number of pyridine rings is 1. The molecule has 0 fully saturated rings. The van der Waals surface area contributed by atoms with E-state index < -0.39 is 0 Å². The molecule has 0 aliphatic heterocycles. The van der Waals surface area contributed by atoms with E-state index in [0.717, 1.165) is 5.69 Å². The molecule has 1 heterocycles. The van der Waals surface area contributed by atoms with Crippen molar-refractivity contribution in [3.05, 3.63) is 47.8 Å². The summed E-state index contributed by atoms with van der Waals surface area (Å²) in [7, 11) is 0. The molecule has 62 valence electrons. The summed E-state index contributed by atoms with van der Waals surface area (Å²) in [6.07, 6.45) is 7.44. The van der Waals surface area contributed by atoms with Crippen molar-refractivity contribution in [1.29, 1.82) is 0 Å². The van der Waals surface area contributed by atoms with Crippen molar-refractivity contribution < 1.29 is 0 Å². The molecule has 1 rings (SSSR count). The Morgan fingerprint density at radius 3 is 2.83 bits per heavy atom. The summed E-state index contributed by atoms with van der Waals surface area (Å²) in [5, 5.41) is 0. The summed E-state index contributed by atoms with van der Waals surface area (Å²) >= 11 is 0. The van der Waals surface area contributed by atoms with Gasteiger partial charge in [-0.3, -0.25) is 4.98 Å². The Kier molecular flexibility index (Phi) is 2.81. The molecule has 1 nitrogen and oxygen atoms in total. The first-order valence-electron chi connectivity index (χ1n) is 3.97. The topological polar surface area (TPSA) is 12.9 Å². The van der Waals surface area contributed by atoms with Gasteiger partial charge in [-0.1, -0.05) is 18.7 Å². The van der Waals surface area contributed by atoms with Gasteiger partial charge in [0.1, 0.15) is 0 Å². The van der Waals surface area contributed by atoms with Gasteiger partial charge in [-0.25, -0.2) is 0 Å². The molecule has 0 aliphatic rings. The third-order valence-corrected chi connectivity index (χ3v) is 1.90. The van der Waals surface area contributed by atoms with Gasteiger partial charge < -0.3 is 0 Å². The Morgan fingerprint density at radius 1 is 1.42 bits per heavy atom. The van der Waals surface area contributed by atoms with Crippen molar-refractivity contribution in [2.45, 2.75) is 13.8 Å². The van der Waals surface area contributed by atoms with E-state index in [1.807, 2.05) is 24.4 Å². The van der Waals surface area contributed by atoms with Crippen LogP contribution in [0.3, 0.4) is 0 Å². The fourth-order valence-corrected chi connectivity index (χ4v) is 0.980. The summed E-state index contributed by atoms with van der Waals surface area (Å²) in [6, 6.07) is 2.01. The lowest BCUT2D eigenvalue weighted by molar-refractivity contribution is 1.19. The van der Waals surface area contributed by atoms with E-state index in [0.29, 0.717) is 0 Å². The largest absolute Gasteiger partial charge is 0.257 e. The lowest BCUT2D eigenvalue weighted by atomic mass is 10.1. The van der Waals surface area contributed by atoms with Gasteiger partial charge in [0.25, 0.3) is 0 Å². The normalized spacial score (nSPS) is 10.5. The molecule has 0 spiro atoms. The Balaban J connectivity index is 3.07. The molecule has 0 radical (unpaired) electrons. The molecule has 0 saturated carbocycles. The molecule has 1 heteroatoms. The van der Waals surface area contributed by atoms with Crippen LogP contribution in [0.4, 0.5) is 0 Å². The highest BCUT2D eigenvalue weighted by Crippen LogP contribution is 2.10. The van der Waals surface area contributed by atoms with E-state index >= 15 is 0 Å². The van der Waals surface area contributed by atoms with Crippen molar-refractivity contribution in [2.24, 2.45) is 0 Å². The lowest BCUT2D eigenvalue weighted by Gasteiger charge is -2.01. The standard InChI is InChI=1S/C11H13N/c1-4-5-6-11-10(3)9(2)7-8-12-11/h4-8H,1H2,2-3H3/b6-5-. The van der Waals surface area contributed by atoms with Crippen LogP contribution >= 0.6 is 0 Å². The summed E-state index contributed by atoms with van der Waals surface area (Å²) in [5.74, 6) is 0. The summed E-state index contributed by atoms with van der Waals surface area (Å²) in [6.45, 7) is 7.77. The molecule has 12 heavy (non-hydrogen) atoms. The smallest absolute Gasteiger partial charge is 0.0661 e. The molecule has 0 aliphatic carbocycles. The first kappa shape index (κ1) is 8.72. The second kappa shape index (κ2) is 3.86. The highest BCUT2D eigenvalue weighted by Gasteiger charge is 1.96. The van der Waals surface area contributed by atoms with Crippen LogP contribution in [-0.4, -0.2) is 4.98 Å². The maximum absolute atomic E-state index is 4.24. The third-order valence-electron chi connectivity index (χ3n) is 1.90. The van der Waals surface area contributed by atoms with Crippen LogP contribution in [-0.2, 0) is 0 Å². The molecule has 0 saturated heterocycles. The average molecular weight is 159 g/mol. The quantitative estimate of drug-likeness (QED) is 0.604. The van der Waals surface area contributed by atoms with Crippen LogP contribution in [0.15, 0.2) is 31.0 Å². The zero-order valence-corrected chi connectivity index (χ0v) is 7.54. The molecule has 0 N–H and O–H groups in total. The predicted octanol–water partition coefficient (Wildman–Crippen LogP) is 2.90. The molecular weight excluding hydrogens is 146 g/mol. The number of hydrogen-bond acceptors (Lipinski definition) is 1. The zero-order chi connectivity index (χ0) is 8.97. The predicted molar refractivity (Wildman–Crippen MR) is 52.9 cm³/mol. The van der Waals surface area contributed by atoms with Crippen molar-refractivity contribution in [2.75, 3.05) is 0 Å². The van der Waals surface area contributed by atoms with Crippen LogP contribution in [0.2, 0.25) is 0 Å². The fraction of sp³-hybridized carbons (Fsp3) is 0.182. The van der Waals surface area contributed by atoms with Crippen LogP contribution in [0.1, 0.15) is 16.8 Å². The second-order valence-electron chi connectivity index (χ2n) is 2.73. The molecule has 0 bridgehead atoms. The summed E-state index contributed by atoms with van der Waals surface area (Å²) < 4.78 is 0. The molecule has 0 aromatic carbocycles. The Bertz CT molecular complexity index is 311. The molecule has 0 amide bonds. The fourth-order valence-electron chi connectivity index (χ4n) is 0.980. The minimum atomic E-state index is 1.02. The maximum Gasteiger partial charge on any atom is 0.0661 e. The minimum absolute atomic E-state index is 1.02. The van der Waals surface area contributed by atoms with Crippen LogP contribution < -0.4 is 0 Å². The van der Waals surface area contributed by atoms with Crippen molar-refractivity contribution in [1.82, 2.24) is 4.98 Å². The summed E-state index contributed by atoms with van der Waals surface area (Å²) in [5.41, 5.74) is 3.53. The van der Waals surface area contributed by atoms with Gasteiger partial charge >= 0.3 is 0 Å². The maximum atomic E-state index is 4.24. The van der Waals surface area contributed by atoms with Gasteiger partial charge in [0.2, 0.25) is 0 Å². The van der Waals surface area contributed by atoms with Gasteiger partial charge in [-0.05, 0) is 37.1 Å². The van der Waals surface area contributed by atoms with E-state index in [2.05, 4.69) is 25.4 Å². The van der Waals surface area contributed by atoms with Crippen molar-refractivity contribution >= 4 is 6.08 Å². The molecule has 1 aromatic heterocycles. The van der Waals surface area contributed by atoms with E-state index in [-0.39, 0.29) is 0 Å². The second-order valence-corrected chi connectivity index (χ2v) is 2.73. The van der Waals surface area contributed by atoms with Crippen LogP contribution in [0.5, 0.6) is 0 Å². The van der Waals surface area contributed by atoms with E-state index in [1.165, 1.54) is 11.1 Å². The van der Waals surface area contributed by atoms with Gasteiger partial charge in [-0.2, -0.15) is 0 Å². The number of allylic oxidation sites excluding steroid dienone is 2. The van der Waals surface area contributed by atoms with Crippen LogP contribution in [0, 0.1) is 13.8 Å². The van der Waals surface area contributed by atoms with Crippen LogP contribution in [0.25, 0.3) is 6.08 Å². The molecule has 1 aromatic rings. The first-order chi connectivity index (χ1) is 5.75. The summed E-state index contributed by atoms with van der Waals surface area (Å²) in [4.78, 5) is 4.24. The SMILES string of the molecule is C=C/C=C\c1nccc(C)c1C. The average Bonchev–Trinajstić information content (AvgIpc) is 2.08. The zero-order valence-electron chi connectivity index (χ0n) is 7.54. The highest BCUT2D eigenvalue weighted by atomic mass is 14.7. The minimum Gasteiger partial charge on any atom is -0.257 e. The van der Waals surface area contributed by atoms with Gasteiger partial charge in [-0.15, -0.1) is 0 Å². The number of aromatic nitrogens is 1. The Labute approximate surface area is 73.5 Å². The number of rotatable bonds is 2. The van der Waals surface area contributed by atoms with E-state index in [4.69, 9.17) is 0 Å². The van der Waals surface area contributed by atoms with Crippen molar-refractivity contribution in [3.8, 4) is 0 Å². The third kappa shape index (κ3) is 1.82. The van der Waals surface area contributed by atoms with Gasteiger partial charge in [0.15, 0.2) is 0 Å². The van der Waals surface area contributed by atoms with Gasteiger partial charge in [0, 0.05) is 6.20 Å². The lowest BCUT2D eigenvalue weighted by Crippen LogP contribution is -1.88. The molecular formula is C11H13N. The molecule has 0 atom stereocenters. The van der Waals surface area contributed by atoms with Gasteiger partial charge in [0.05, 0.1) is 5.69 Å². The monoisotopic (exact) mass is 159 g/mol. The van der Waals surface area contributed by atoms with Crippen molar-refractivity contribution in [3.63, 3.8) is 0 Å². The van der Waals surface area contributed by atoms with E-state index in [9.17, 15) is 0 Å². The first-order valence-corrected chi connectivity index (χ1v) is 3.97. The highest BCUT2D eigenvalue weighted by molar-refractivity contribution is 5.52.